The van der Waals surface area contributed by atoms with Gasteiger partial charge in [0, 0.05) is 5.69 Å². The van der Waals surface area contributed by atoms with Crippen molar-refractivity contribution in [3.05, 3.63) is 59.4 Å². The predicted octanol–water partition coefficient (Wildman–Crippen LogP) is 4.82. The van der Waals surface area contributed by atoms with Gasteiger partial charge in [0.05, 0.1) is 16.5 Å². The molecule has 0 aliphatic heterocycles. The first-order chi connectivity index (χ1) is 14.0. The van der Waals surface area contributed by atoms with Gasteiger partial charge in [-0.2, -0.15) is 8.78 Å². The number of anilines is 1. The fourth-order valence-electron chi connectivity index (χ4n) is 2.63. The van der Waals surface area contributed by atoms with Crippen LogP contribution in [0, 0.1) is 0 Å². The lowest BCUT2D eigenvalue weighted by atomic mass is 10.1. The summed E-state index contributed by atoms with van der Waals surface area (Å²) >= 11 is 7.13. The van der Waals surface area contributed by atoms with E-state index in [-0.39, 0.29) is 22.4 Å². The van der Waals surface area contributed by atoms with Gasteiger partial charge in [-0.3, -0.25) is 9.36 Å². The van der Waals surface area contributed by atoms with Crippen LogP contribution in [0.5, 0.6) is 5.75 Å². The fourth-order valence-corrected chi connectivity index (χ4v) is 3.58. The Hall–Kier alpha value is -2.65. The molecule has 1 amide bonds. The van der Waals surface area contributed by atoms with Crippen molar-refractivity contribution in [3.8, 4) is 11.4 Å². The summed E-state index contributed by atoms with van der Waals surface area (Å²) in [6, 6.07) is 12.0. The second kappa shape index (κ2) is 9.71. The molecule has 0 saturated heterocycles. The van der Waals surface area contributed by atoms with E-state index in [4.69, 9.17) is 11.6 Å². The van der Waals surface area contributed by atoms with Crippen LogP contribution in [0.15, 0.2) is 53.9 Å². The summed E-state index contributed by atoms with van der Waals surface area (Å²) in [5.74, 6) is -0.372. The van der Waals surface area contributed by atoms with Gasteiger partial charge in [0.2, 0.25) is 5.91 Å². The van der Waals surface area contributed by atoms with Gasteiger partial charge in [-0.15, -0.1) is 10.2 Å². The minimum Gasteiger partial charge on any atom is -0.433 e. The van der Waals surface area contributed by atoms with Gasteiger partial charge in [0.15, 0.2) is 5.16 Å². The number of halogens is 3. The summed E-state index contributed by atoms with van der Waals surface area (Å²) in [6.07, 6.45) is 2.46. The van der Waals surface area contributed by atoms with Gasteiger partial charge in [0.1, 0.15) is 12.1 Å². The van der Waals surface area contributed by atoms with Crippen molar-refractivity contribution in [1.29, 1.82) is 0 Å². The highest BCUT2D eigenvalue weighted by molar-refractivity contribution is 7.99. The second-order valence-electron chi connectivity index (χ2n) is 5.83. The number of hydrogen-bond acceptors (Lipinski definition) is 5. The Balaban J connectivity index is 1.64. The molecule has 10 heteroatoms. The van der Waals surface area contributed by atoms with E-state index in [1.54, 1.807) is 6.33 Å². The molecule has 1 aromatic heterocycles. The molecule has 0 atom stereocenters. The summed E-state index contributed by atoms with van der Waals surface area (Å²) in [4.78, 5) is 12.3. The van der Waals surface area contributed by atoms with Crippen LogP contribution in [-0.2, 0) is 11.2 Å². The Kier molecular flexibility index (Phi) is 7.05. The number of nitrogens with one attached hydrogen (secondary N) is 1. The molecule has 2 aromatic carbocycles. The lowest BCUT2D eigenvalue weighted by Gasteiger charge is -2.11. The zero-order valence-corrected chi connectivity index (χ0v) is 16.9. The minimum atomic E-state index is -2.97. The standard InChI is InChI=1S/C19H17ClF2N4O2S/c1-2-12-5-3-4-6-15(12)26-11-23-25-19(26)29-10-17(27)24-13-7-8-16(14(20)9-13)28-18(21)22/h3-9,11,18H,2,10H2,1H3,(H,24,27). The van der Waals surface area contributed by atoms with Crippen molar-refractivity contribution in [3.63, 3.8) is 0 Å². The number of thioether (sulfide) groups is 1. The van der Waals surface area contributed by atoms with E-state index < -0.39 is 6.61 Å². The van der Waals surface area contributed by atoms with Gasteiger partial charge >= 0.3 is 6.61 Å². The highest BCUT2D eigenvalue weighted by Gasteiger charge is 2.14. The van der Waals surface area contributed by atoms with Crippen molar-refractivity contribution in [2.45, 2.75) is 25.1 Å². The van der Waals surface area contributed by atoms with Gasteiger partial charge in [-0.1, -0.05) is 48.5 Å². The molecule has 6 nitrogen and oxygen atoms in total. The van der Waals surface area contributed by atoms with Crippen molar-refractivity contribution in [2.24, 2.45) is 0 Å². The van der Waals surface area contributed by atoms with Crippen molar-refractivity contribution < 1.29 is 18.3 Å². The largest absolute Gasteiger partial charge is 0.433 e. The highest BCUT2D eigenvalue weighted by atomic mass is 35.5. The zero-order chi connectivity index (χ0) is 20.8. The maximum Gasteiger partial charge on any atom is 0.387 e. The summed E-state index contributed by atoms with van der Waals surface area (Å²) in [5.41, 5.74) is 2.48. The number of rotatable bonds is 8. The molecule has 0 spiro atoms. The maximum absolute atomic E-state index is 12.3. The number of para-hydroxylation sites is 1. The molecular formula is C19H17ClF2N4O2S. The first-order valence-electron chi connectivity index (χ1n) is 8.63. The van der Waals surface area contributed by atoms with Gasteiger partial charge < -0.3 is 10.1 Å². The van der Waals surface area contributed by atoms with Crippen LogP contribution in [0.1, 0.15) is 12.5 Å². The van der Waals surface area contributed by atoms with E-state index in [1.165, 1.54) is 30.0 Å². The van der Waals surface area contributed by atoms with Crippen LogP contribution >= 0.6 is 23.4 Å². The average Bonchev–Trinajstić information content (AvgIpc) is 3.16. The van der Waals surface area contributed by atoms with Crippen molar-refractivity contribution >= 4 is 35.0 Å². The van der Waals surface area contributed by atoms with E-state index in [0.717, 1.165) is 17.7 Å². The Morgan fingerprint density at radius 1 is 1.31 bits per heavy atom. The molecule has 3 rings (SSSR count). The lowest BCUT2D eigenvalue weighted by molar-refractivity contribution is -0.113. The quantitative estimate of drug-likeness (QED) is 0.511. The first-order valence-corrected chi connectivity index (χ1v) is 9.99. The second-order valence-corrected chi connectivity index (χ2v) is 7.18. The summed E-state index contributed by atoms with van der Waals surface area (Å²) in [7, 11) is 0. The number of nitrogens with zero attached hydrogens (tertiary/aromatic N) is 3. The topological polar surface area (TPSA) is 69.0 Å². The smallest absolute Gasteiger partial charge is 0.387 e. The molecule has 0 radical (unpaired) electrons. The van der Waals surface area contributed by atoms with Gasteiger partial charge in [0.25, 0.3) is 0 Å². The van der Waals surface area contributed by atoms with Crippen LogP contribution in [0.3, 0.4) is 0 Å². The van der Waals surface area contributed by atoms with Crippen molar-refractivity contribution in [1.82, 2.24) is 14.8 Å². The van der Waals surface area contributed by atoms with Crippen LogP contribution in [0.4, 0.5) is 14.5 Å². The number of carbonyl (C=O) groups is 1. The zero-order valence-electron chi connectivity index (χ0n) is 15.3. The Morgan fingerprint density at radius 3 is 2.83 bits per heavy atom. The first kappa shape index (κ1) is 21.1. The normalized spacial score (nSPS) is 10.9. The molecule has 152 valence electrons. The third-order valence-electron chi connectivity index (χ3n) is 3.91. The number of benzene rings is 2. The molecule has 0 aliphatic carbocycles. The molecule has 0 aliphatic rings. The number of hydrogen-bond donors (Lipinski definition) is 1. The van der Waals surface area contributed by atoms with Crippen LogP contribution in [0.25, 0.3) is 5.69 Å². The summed E-state index contributed by atoms with van der Waals surface area (Å²) < 4.78 is 30.7. The van der Waals surface area contributed by atoms with E-state index in [1.807, 2.05) is 28.8 Å². The average molecular weight is 439 g/mol. The van der Waals surface area contributed by atoms with Crippen LogP contribution in [-0.4, -0.2) is 33.0 Å². The monoisotopic (exact) mass is 438 g/mol. The molecule has 0 fully saturated rings. The number of aryl methyl sites for hydroxylation is 1. The number of amides is 1. The fraction of sp³-hybridized carbons (Fsp3) is 0.211. The Morgan fingerprint density at radius 2 is 2.10 bits per heavy atom. The Labute approximate surface area is 175 Å². The van der Waals surface area contributed by atoms with E-state index in [2.05, 4.69) is 27.2 Å². The molecule has 29 heavy (non-hydrogen) atoms. The number of alkyl halides is 2. The highest BCUT2D eigenvalue weighted by Crippen LogP contribution is 2.29. The van der Waals surface area contributed by atoms with E-state index >= 15 is 0 Å². The van der Waals surface area contributed by atoms with Gasteiger partial charge in [-0.25, -0.2) is 0 Å². The summed E-state index contributed by atoms with van der Waals surface area (Å²) in [6.45, 7) is -0.911. The third-order valence-corrected chi connectivity index (χ3v) is 5.15. The molecule has 0 saturated carbocycles. The summed E-state index contributed by atoms with van der Waals surface area (Å²) in [5, 5.41) is 11.3. The molecule has 0 bridgehead atoms. The molecule has 0 unspecified atom stereocenters. The number of aromatic nitrogens is 3. The van der Waals surface area contributed by atoms with E-state index in [9.17, 15) is 13.6 Å². The molecule has 3 aromatic rings. The van der Waals surface area contributed by atoms with Crippen LogP contribution in [0.2, 0.25) is 5.02 Å². The SMILES string of the molecule is CCc1ccccc1-n1cnnc1SCC(=O)Nc1ccc(OC(F)F)c(Cl)c1. The van der Waals surface area contributed by atoms with Crippen molar-refractivity contribution in [2.75, 3.05) is 11.1 Å². The minimum absolute atomic E-state index is 0.0216. The van der Waals surface area contributed by atoms with Crippen LogP contribution < -0.4 is 10.1 Å². The van der Waals surface area contributed by atoms with Gasteiger partial charge in [-0.05, 0) is 36.2 Å². The molecule has 1 heterocycles. The molecule has 1 N–H and O–H groups in total. The molecular weight excluding hydrogens is 422 g/mol. The third kappa shape index (κ3) is 5.45. The lowest BCUT2D eigenvalue weighted by Crippen LogP contribution is -2.14. The maximum atomic E-state index is 12.3. The van der Waals surface area contributed by atoms with E-state index in [0.29, 0.717) is 10.8 Å². The number of ether oxygens (including phenoxy) is 1. The Bertz CT molecular complexity index is 1000. The number of carbonyl (C=O) groups excluding carboxylic acids is 1. The predicted molar refractivity (Wildman–Crippen MR) is 108 cm³/mol.